The van der Waals surface area contributed by atoms with Crippen LogP contribution in [-0.2, 0) is 7.05 Å². The minimum Gasteiger partial charge on any atom is -0.271 e. The highest BCUT2D eigenvalue weighted by atomic mass is 79.9. The van der Waals surface area contributed by atoms with Crippen LogP contribution in [-0.4, -0.2) is 9.78 Å². The van der Waals surface area contributed by atoms with E-state index in [9.17, 15) is 0 Å². The summed E-state index contributed by atoms with van der Waals surface area (Å²) in [5, 5.41) is 6.73. The van der Waals surface area contributed by atoms with Crippen molar-refractivity contribution in [3.05, 3.63) is 37.7 Å². The molecule has 7 heteroatoms. The Bertz CT molecular complexity index is 476. The molecule has 16 heavy (non-hydrogen) atoms. The van der Waals surface area contributed by atoms with Gasteiger partial charge in [-0.2, -0.15) is 5.10 Å². The lowest BCUT2D eigenvalue weighted by atomic mass is 10.1. The molecule has 1 atom stereocenters. The molecule has 2 aromatic rings. The van der Waals surface area contributed by atoms with Crippen molar-refractivity contribution in [3.8, 4) is 0 Å². The second-order valence-corrected chi connectivity index (χ2v) is 5.98. The summed E-state index contributed by atoms with van der Waals surface area (Å²) in [6.45, 7) is 0. The SMILES string of the molecule is Cn1ncc(Cl)c1C(NN)c1csc(Br)c1. The van der Waals surface area contributed by atoms with Crippen LogP contribution in [0.4, 0.5) is 0 Å². The number of hydrogen-bond acceptors (Lipinski definition) is 4. The normalized spacial score (nSPS) is 13.0. The van der Waals surface area contributed by atoms with E-state index in [-0.39, 0.29) is 6.04 Å². The smallest absolute Gasteiger partial charge is 0.0901 e. The second-order valence-electron chi connectivity index (χ2n) is 3.29. The van der Waals surface area contributed by atoms with E-state index in [1.165, 1.54) is 0 Å². The van der Waals surface area contributed by atoms with Crippen LogP contribution in [0.1, 0.15) is 17.3 Å². The van der Waals surface area contributed by atoms with Crippen molar-refractivity contribution >= 4 is 38.9 Å². The quantitative estimate of drug-likeness (QED) is 0.674. The predicted octanol–water partition coefficient (Wildman–Crippen LogP) is 2.45. The first-order chi connectivity index (χ1) is 7.63. The highest BCUT2D eigenvalue weighted by Crippen LogP contribution is 2.31. The van der Waals surface area contributed by atoms with Crippen molar-refractivity contribution in [2.75, 3.05) is 0 Å². The number of nitrogens with zero attached hydrogens (tertiary/aromatic N) is 2. The number of rotatable bonds is 3. The Hall–Kier alpha value is -0.400. The van der Waals surface area contributed by atoms with Gasteiger partial charge in [0.25, 0.3) is 0 Å². The van der Waals surface area contributed by atoms with Crippen molar-refractivity contribution in [2.45, 2.75) is 6.04 Å². The summed E-state index contributed by atoms with van der Waals surface area (Å²) in [5.41, 5.74) is 4.67. The maximum absolute atomic E-state index is 6.09. The van der Waals surface area contributed by atoms with E-state index in [0.29, 0.717) is 5.02 Å². The van der Waals surface area contributed by atoms with Gasteiger partial charge in [0.05, 0.1) is 26.7 Å². The van der Waals surface area contributed by atoms with Crippen LogP contribution in [0.25, 0.3) is 0 Å². The van der Waals surface area contributed by atoms with Crippen LogP contribution in [0, 0.1) is 0 Å². The average Bonchev–Trinajstić information content (AvgIpc) is 2.80. The Kier molecular flexibility index (Phi) is 3.66. The molecular weight excluding hydrogens is 312 g/mol. The van der Waals surface area contributed by atoms with E-state index in [2.05, 4.69) is 26.5 Å². The predicted molar refractivity (Wildman–Crippen MR) is 69.4 cm³/mol. The summed E-state index contributed by atoms with van der Waals surface area (Å²) in [6.07, 6.45) is 1.61. The van der Waals surface area contributed by atoms with E-state index >= 15 is 0 Å². The highest BCUT2D eigenvalue weighted by molar-refractivity contribution is 9.11. The Morgan fingerprint density at radius 3 is 2.88 bits per heavy atom. The Morgan fingerprint density at radius 2 is 2.44 bits per heavy atom. The van der Waals surface area contributed by atoms with E-state index in [1.54, 1.807) is 22.2 Å². The molecule has 0 saturated carbocycles. The van der Waals surface area contributed by atoms with E-state index in [0.717, 1.165) is 15.0 Å². The molecule has 0 aromatic carbocycles. The second kappa shape index (κ2) is 4.85. The molecule has 1 unspecified atom stereocenters. The molecule has 0 fully saturated rings. The highest BCUT2D eigenvalue weighted by Gasteiger charge is 2.20. The van der Waals surface area contributed by atoms with Gasteiger partial charge in [0.1, 0.15) is 0 Å². The molecule has 2 aromatic heterocycles. The third kappa shape index (κ3) is 2.16. The lowest BCUT2D eigenvalue weighted by Gasteiger charge is -2.15. The number of aromatic nitrogens is 2. The van der Waals surface area contributed by atoms with Gasteiger partial charge < -0.3 is 0 Å². The van der Waals surface area contributed by atoms with Crippen LogP contribution >= 0.6 is 38.9 Å². The number of aryl methyl sites for hydroxylation is 1. The van der Waals surface area contributed by atoms with Gasteiger partial charge in [-0.25, -0.2) is 5.43 Å². The van der Waals surface area contributed by atoms with Crippen LogP contribution in [0.5, 0.6) is 0 Å². The van der Waals surface area contributed by atoms with Crippen molar-refractivity contribution in [3.63, 3.8) is 0 Å². The standard InChI is InChI=1S/C9H10BrClN4S/c1-15-9(6(11)3-13-15)8(14-12)5-2-7(10)16-4-5/h2-4,8,14H,12H2,1H3. The molecule has 2 rings (SSSR count). The van der Waals surface area contributed by atoms with Crippen LogP contribution in [0.15, 0.2) is 21.4 Å². The number of hydrazine groups is 1. The van der Waals surface area contributed by atoms with Crippen molar-refractivity contribution < 1.29 is 0 Å². The molecule has 2 heterocycles. The first-order valence-electron chi connectivity index (χ1n) is 4.51. The van der Waals surface area contributed by atoms with Crippen LogP contribution in [0.3, 0.4) is 0 Å². The van der Waals surface area contributed by atoms with E-state index < -0.39 is 0 Å². The zero-order valence-electron chi connectivity index (χ0n) is 8.45. The average molecular weight is 322 g/mol. The summed E-state index contributed by atoms with van der Waals surface area (Å²) in [4.78, 5) is 0. The summed E-state index contributed by atoms with van der Waals surface area (Å²) in [6, 6.07) is 1.86. The monoisotopic (exact) mass is 320 g/mol. The molecule has 0 aliphatic carbocycles. The van der Waals surface area contributed by atoms with Crippen molar-refractivity contribution in [1.29, 1.82) is 0 Å². The van der Waals surface area contributed by atoms with Crippen LogP contribution in [0.2, 0.25) is 5.02 Å². The van der Waals surface area contributed by atoms with Crippen molar-refractivity contribution in [1.82, 2.24) is 15.2 Å². The molecule has 0 bridgehead atoms. The molecule has 0 radical (unpaired) electrons. The first kappa shape index (κ1) is 12.1. The topological polar surface area (TPSA) is 55.9 Å². The molecule has 4 nitrogen and oxygen atoms in total. The number of hydrogen-bond donors (Lipinski definition) is 2. The summed E-state index contributed by atoms with van der Waals surface area (Å²) >= 11 is 11.1. The van der Waals surface area contributed by atoms with Crippen molar-refractivity contribution in [2.24, 2.45) is 12.9 Å². The number of thiophene rings is 1. The fourth-order valence-corrected chi connectivity index (χ4v) is 3.03. The Labute approximate surface area is 110 Å². The van der Waals surface area contributed by atoms with Gasteiger partial charge in [0, 0.05) is 7.05 Å². The maximum atomic E-state index is 6.09. The fraction of sp³-hybridized carbons (Fsp3) is 0.222. The zero-order chi connectivity index (χ0) is 11.7. The van der Waals surface area contributed by atoms with Gasteiger partial charge in [-0.05, 0) is 32.9 Å². The largest absolute Gasteiger partial charge is 0.271 e. The molecule has 86 valence electrons. The molecular formula is C9H10BrClN4S. The molecule has 0 saturated heterocycles. The minimum absolute atomic E-state index is 0.150. The third-order valence-corrected chi connectivity index (χ3v) is 4.11. The van der Waals surface area contributed by atoms with E-state index in [4.69, 9.17) is 17.4 Å². The minimum atomic E-state index is -0.150. The summed E-state index contributed by atoms with van der Waals surface area (Å²) in [5.74, 6) is 5.58. The lowest BCUT2D eigenvalue weighted by molar-refractivity contribution is 0.576. The first-order valence-corrected chi connectivity index (χ1v) is 6.56. The number of nitrogens with one attached hydrogen (secondary N) is 1. The zero-order valence-corrected chi connectivity index (χ0v) is 11.6. The van der Waals surface area contributed by atoms with Gasteiger partial charge in [-0.1, -0.05) is 11.6 Å². The molecule has 0 aliphatic rings. The third-order valence-electron chi connectivity index (χ3n) is 2.30. The van der Waals surface area contributed by atoms with Gasteiger partial charge in [-0.15, -0.1) is 11.3 Å². The number of nitrogens with two attached hydrogens (primary N) is 1. The van der Waals surface area contributed by atoms with Gasteiger partial charge in [0.15, 0.2) is 0 Å². The van der Waals surface area contributed by atoms with Gasteiger partial charge in [0.2, 0.25) is 0 Å². The van der Waals surface area contributed by atoms with Gasteiger partial charge in [-0.3, -0.25) is 10.5 Å². The Morgan fingerprint density at radius 1 is 1.69 bits per heavy atom. The maximum Gasteiger partial charge on any atom is 0.0901 e. The van der Waals surface area contributed by atoms with Crippen LogP contribution < -0.4 is 11.3 Å². The van der Waals surface area contributed by atoms with E-state index in [1.807, 2.05) is 18.5 Å². The van der Waals surface area contributed by atoms with Gasteiger partial charge >= 0.3 is 0 Å². The summed E-state index contributed by atoms with van der Waals surface area (Å²) < 4.78 is 2.78. The Balaban J connectivity index is 2.44. The number of halogens is 2. The molecule has 0 aliphatic heterocycles. The molecule has 3 N–H and O–H groups in total. The lowest BCUT2D eigenvalue weighted by Crippen LogP contribution is -2.30. The summed E-state index contributed by atoms with van der Waals surface area (Å²) in [7, 11) is 1.84. The molecule has 0 spiro atoms. The fourth-order valence-electron chi connectivity index (χ4n) is 1.55. The molecule has 0 amide bonds.